The van der Waals surface area contributed by atoms with Crippen LogP contribution in [0.1, 0.15) is 60.6 Å². The van der Waals surface area contributed by atoms with Crippen LogP contribution < -0.4 is 10.6 Å². The molecular weight excluding hydrogens is 602 g/mol. The molecule has 1 aliphatic heterocycles. The van der Waals surface area contributed by atoms with E-state index in [1.165, 1.54) is 4.90 Å². The third-order valence-electron chi connectivity index (χ3n) is 7.90. The molecule has 0 bridgehead atoms. The SMILES string of the molecule is Cc1ccc([C@@H]2O[C@H](S(C)(=O)=O)[C@@H](O)[C@H](O)[C@@H]2O)cc1Cc1ccc(CCCC(=O)NC(C)(C)C(=O)NCC(=O)N(C)C)cc1. The summed E-state index contributed by atoms with van der Waals surface area (Å²) in [6.45, 7) is 4.95. The molecule has 0 aliphatic carbocycles. The van der Waals surface area contributed by atoms with Crippen LogP contribution in [-0.2, 0) is 41.8 Å². The predicted molar refractivity (Wildman–Crippen MR) is 168 cm³/mol. The molecule has 0 spiro atoms. The van der Waals surface area contributed by atoms with E-state index in [1.54, 1.807) is 40.1 Å². The van der Waals surface area contributed by atoms with Gasteiger partial charge in [0.2, 0.25) is 17.7 Å². The van der Waals surface area contributed by atoms with Gasteiger partial charge in [-0.15, -0.1) is 0 Å². The summed E-state index contributed by atoms with van der Waals surface area (Å²) in [5.74, 6) is -0.960. The summed E-state index contributed by atoms with van der Waals surface area (Å²) in [6, 6.07) is 13.3. The third kappa shape index (κ3) is 9.57. The van der Waals surface area contributed by atoms with Gasteiger partial charge in [-0.25, -0.2) is 8.42 Å². The van der Waals surface area contributed by atoms with E-state index in [1.807, 2.05) is 37.3 Å². The highest BCUT2D eigenvalue weighted by molar-refractivity contribution is 7.91. The summed E-state index contributed by atoms with van der Waals surface area (Å²) in [4.78, 5) is 38.0. The molecule has 0 radical (unpaired) electrons. The van der Waals surface area contributed by atoms with Crippen LogP contribution in [0, 0.1) is 6.92 Å². The first kappa shape index (κ1) is 36.1. The zero-order chi connectivity index (χ0) is 33.7. The van der Waals surface area contributed by atoms with Crippen molar-refractivity contribution in [1.82, 2.24) is 15.5 Å². The van der Waals surface area contributed by atoms with Crippen LogP contribution in [0.25, 0.3) is 0 Å². The monoisotopic (exact) mass is 647 g/mol. The van der Waals surface area contributed by atoms with Crippen LogP contribution in [0.5, 0.6) is 0 Å². The van der Waals surface area contributed by atoms with E-state index in [2.05, 4.69) is 10.6 Å². The summed E-state index contributed by atoms with van der Waals surface area (Å²) >= 11 is 0. The van der Waals surface area contributed by atoms with Gasteiger partial charge in [-0.3, -0.25) is 14.4 Å². The normalized spacial score (nSPS) is 22.0. The number of aryl methyl sites for hydroxylation is 2. The number of hydrogen-bond acceptors (Lipinski definition) is 9. The number of hydrogen-bond donors (Lipinski definition) is 5. The average Bonchev–Trinajstić information content (AvgIpc) is 2.95. The summed E-state index contributed by atoms with van der Waals surface area (Å²) in [6.07, 6.45) is -3.23. The van der Waals surface area contributed by atoms with E-state index >= 15 is 0 Å². The molecule has 1 heterocycles. The summed E-state index contributed by atoms with van der Waals surface area (Å²) < 4.78 is 29.9. The second kappa shape index (κ2) is 14.8. The van der Waals surface area contributed by atoms with Gasteiger partial charge in [0.15, 0.2) is 15.3 Å². The molecule has 1 saturated heterocycles. The molecule has 2 aromatic carbocycles. The standard InChI is InChI=1S/C32H45N3O9S/c1-19-10-15-22(29-27(39)26(38)28(40)30(44-29)45(6,42)43)17-23(19)16-21-13-11-20(12-14-21)8-7-9-24(36)34-32(2,3)31(41)33-18-25(37)35(4)5/h10-15,17,26-30,38-40H,7-9,16,18H2,1-6H3,(H,33,41)(H,34,36)/t26-,27+,28+,29+,30-/m1/s1. The maximum Gasteiger partial charge on any atom is 0.245 e. The second-order valence-corrected chi connectivity index (χ2v) is 14.5. The lowest BCUT2D eigenvalue weighted by molar-refractivity contribution is -0.202. The fourth-order valence-corrected chi connectivity index (χ4v) is 6.02. The Balaban J connectivity index is 1.56. The van der Waals surface area contributed by atoms with Crippen LogP contribution in [0.2, 0.25) is 0 Å². The molecule has 248 valence electrons. The molecule has 3 rings (SSSR count). The number of aliphatic hydroxyl groups is 3. The molecule has 12 nitrogen and oxygen atoms in total. The van der Waals surface area contributed by atoms with Crippen molar-refractivity contribution >= 4 is 27.6 Å². The van der Waals surface area contributed by atoms with Crippen LogP contribution in [0.3, 0.4) is 0 Å². The van der Waals surface area contributed by atoms with Gasteiger partial charge in [-0.05, 0) is 67.9 Å². The quantitative estimate of drug-likeness (QED) is 0.220. The van der Waals surface area contributed by atoms with Gasteiger partial charge in [-0.2, -0.15) is 0 Å². The van der Waals surface area contributed by atoms with E-state index in [-0.39, 0.29) is 24.8 Å². The van der Waals surface area contributed by atoms with E-state index in [0.29, 0.717) is 24.8 Å². The van der Waals surface area contributed by atoms with E-state index < -0.39 is 51.1 Å². The minimum atomic E-state index is -3.87. The van der Waals surface area contributed by atoms with Crippen molar-refractivity contribution in [2.24, 2.45) is 0 Å². The first-order valence-electron chi connectivity index (χ1n) is 14.8. The first-order valence-corrected chi connectivity index (χ1v) is 16.7. The lowest BCUT2D eigenvalue weighted by Crippen LogP contribution is -2.56. The van der Waals surface area contributed by atoms with Crippen molar-refractivity contribution in [3.63, 3.8) is 0 Å². The lowest BCUT2D eigenvalue weighted by Gasteiger charge is -2.40. The third-order valence-corrected chi connectivity index (χ3v) is 9.13. The largest absolute Gasteiger partial charge is 0.387 e. The molecule has 1 fully saturated rings. The molecule has 13 heteroatoms. The number of nitrogens with one attached hydrogen (secondary N) is 2. The van der Waals surface area contributed by atoms with Crippen LogP contribution in [0.4, 0.5) is 0 Å². The van der Waals surface area contributed by atoms with Crippen LogP contribution >= 0.6 is 0 Å². The van der Waals surface area contributed by atoms with E-state index in [0.717, 1.165) is 28.5 Å². The van der Waals surface area contributed by atoms with Gasteiger partial charge in [0.1, 0.15) is 30.0 Å². The molecule has 3 amide bonds. The summed E-state index contributed by atoms with van der Waals surface area (Å²) in [7, 11) is -0.680. The number of carbonyl (C=O) groups excluding carboxylic acids is 3. The minimum Gasteiger partial charge on any atom is -0.387 e. The summed E-state index contributed by atoms with van der Waals surface area (Å²) in [5, 5.41) is 36.3. The van der Waals surface area contributed by atoms with Crippen LogP contribution in [0.15, 0.2) is 42.5 Å². The molecule has 1 aliphatic rings. The fraction of sp³-hybridized carbons (Fsp3) is 0.531. The Bertz CT molecular complexity index is 1480. The number of carbonyl (C=O) groups is 3. The first-order chi connectivity index (χ1) is 20.9. The van der Waals surface area contributed by atoms with Crippen molar-refractivity contribution in [1.29, 1.82) is 0 Å². The molecule has 5 N–H and O–H groups in total. The van der Waals surface area contributed by atoms with Crippen molar-refractivity contribution in [3.05, 3.63) is 70.3 Å². The lowest BCUT2D eigenvalue weighted by atomic mass is 9.91. The Hall–Kier alpha value is -3.36. The second-order valence-electron chi connectivity index (χ2n) is 12.4. The highest BCUT2D eigenvalue weighted by Gasteiger charge is 2.48. The topological polar surface area (TPSA) is 183 Å². The van der Waals surface area contributed by atoms with Crippen molar-refractivity contribution in [3.8, 4) is 0 Å². The molecule has 0 unspecified atom stereocenters. The Labute approximate surface area is 264 Å². The predicted octanol–water partition coefficient (Wildman–Crippen LogP) is 0.532. The number of aliphatic hydroxyl groups excluding tert-OH is 3. The highest BCUT2D eigenvalue weighted by atomic mass is 32.2. The van der Waals surface area contributed by atoms with Gasteiger partial charge >= 0.3 is 0 Å². The zero-order valence-corrected chi connectivity index (χ0v) is 27.4. The molecule has 45 heavy (non-hydrogen) atoms. The Morgan fingerprint density at radius 2 is 1.58 bits per heavy atom. The van der Waals surface area contributed by atoms with E-state index in [9.17, 15) is 38.1 Å². The van der Waals surface area contributed by atoms with Gasteiger partial charge in [-0.1, -0.05) is 42.5 Å². The Kier molecular flexibility index (Phi) is 11.9. The number of benzene rings is 2. The van der Waals surface area contributed by atoms with Crippen molar-refractivity contribution in [2.45, 2.75) is 81.8 Å². The highest BCUT2D eigenvalue weighted by Crippen LogP contribution is 2.35. The van der Waals surface area contributed by atoms with E-state index in [4.69, 9.17) is 4.74 Å². The van der Waals surface area contributed by atoms with Gasteiger partial charge in [0, 0.05) is 26.8 Å². The van der Waals surface area contributed by atoms with Gasteiger partial charge in [0.05, 0.1) is 6.54 Å². The smallest absolute Gasteiger partial charge is 0.245 e. The molecular formula is C32H45N3O9S. The Morgan fingerprint density at radius 1 is 0.956 bits per heavy atom. The molecule has 5 atom stereocenters. The Morgan fingerprint density at radius 3 is 2.18 bits per heavy atom. The van der Waals surface area contributed by atoms with Gasteiger partial charge < -0.3 is 35.6 Å². The molecule has 0 aromatic heterocycles. The molecule has 0 saturated carbocycles. The molecule has 2 aromatic rings. The van der Waals surface area contributed by atoms with Crippen molar-refractivity contribution < 1.29 is 42.9 Å². The maximum absolute atomic E-state index is 12.5. The average molecular weight is 648 g/mol. The number of rotatable bonds is 12. The number of ether oxygens (including phenoxy) is 1. The van der Waals surface area contributed by atoms with Crippen molar-refractivity contribution in [2.75, 3.05) is 26.9 Å². The van der Waals surface area contributed by atoms with Crippen LogP contribution in [-0.4, -0.2) is 103 Å². The minimum absolute atomic E-state index is 0.148. The zero-order valence-electron chi connectivity index (χ0n) is 26.6. The number of sulfone groups is 1. The van der Waals surface area contributed by atoms with Gasteiger partial charge in [0.25, 0.3) is 0 Å². The number of nitrogens with zero attached hydrogens (tertiary/aromatic N) is 1. The maximum atomic E-state index is 12.5. The summed E-state index contributed by atoms with van der Waals surface area (Å²) in [5.41, 5.74) is 1.59. The number of likely N-dealkylation sites (N-methyl/N-ethyl adjacent to an activating group) is 1. The number of amides is 3. The fourth-order valence-electron chi connectivity index (χ4n) is 5.04.